The molecule has 0 unspecified atom stereocenters. The lowest BCUT2D eigenvalue weighted by Crippen LogP contribution is -2.49. The fourth-order valence-electron chi connectivity index (χ4n) is 4.28. The number of carbonyl (C=O) groups excluding carboxylic acids is 2. The molecule has 0 aromatic heterocycles. The predicted molar refractivity (Wildman–Crippen MR) is 106 cm³/mol. The Balaban J connectivity index is 1.66. The van der Waals surface area contributed by atoms with Gasteiger partial charge in [-0.2, -0.15) is 0 Å². The van der Waals surface area contributed by atoms with Crippen LogP contribution in [-0.4, -0.2) is 28.0 Å². The van der Waals surface area contributed by atoms with Crippen molar-refractivity contribution >= 4 is 34.7 Å². The molecule has 2 amide bonds. The first-order chi connectivity index (χ1) is 12.0. The van der Waals surface area contributed by atoms with Crippen LogP contribution >= 0.6 is 22.9 Å². The monoisotopic (exact) mass is 452 g/mol. The van der Waals surface area contributed by atoms with Crippen molar-refractivity contribution < 1.29 is 9.59 Å². The number of amides is 2. The van der Waals surface area contributed by atoms with Crippen LogP contribution in [0, 0.1) is 0 Å². The van der Waals surface area contributed by atoms with Crippen molar-refractivity contribution in [3.05, 3.63) is 34.9 Å². The number of hydrogen-bond donors (Lipinski definition) is 1. The van der Waals surface area contributed by atoms with E-state index in [1.165, 1.54) is 36.8 Å². The van der Waals surface area contributed by atoms with Crippen molar-refractivity contribution in [1.82, 2.24) is 8.43 Å². The first-order valence-corrected chi connectivity index (χ1v) is 10.3. The molecule has 1 saturated carbocycles. The minimum atomic E-state index is -0.582. The fourth-order valence-corrected chi connectivity index (χ4v) is 4.83. The summed E-state index contributed by atoms with van der Waals surface area (Å²) in [6, 6.07) is 6.72. The first-order valence-electron chi connectivity index (χ1n) is 9.37. The van der Waals surface area contributed by atoms with Gasteiger partial charge in [-0.15, -0.1) is 0 Å². The summed E-state index contributed by atoms with van der Waals surface area (Å²) in [6.45, 7) is 4.29. The molecule has 3 fully saturated rings. The zero-order chi connectivity index (χ0) is 17.6. The third-order valence-electron chi connectivity index (χ3n) is 6.23. The quantitative estimate of drug-likeness (QED) is 0.432. The number of rotatable bonds is 3. The van der Waals surface area contributed by atoms with E-state index in [-0.39, 0.29) is 11.8 Å². The Labute approximate surface area is 163 Å². The Morgan fingerprint density at radius 1 is 1.08 bits per heavy atom. The summed E-state index contributed by atoms with van der Waals surface area (Å²) in [5.74, 6) is 1.03. The zero-order valence-electron chi connectivity index (χ0n) is 14.7. The summed E-state index contributed by atoms with van der Waals surface area (Å²) in [7, 11) is 0. The van der Waals surface area contributed by atoms with Crippen LogP contribution in [0.15, 0.2) is 18.2 Å². The highest BCUT2D eigenvalue weighted by molar-refractivity contribution is 14.1. The fraction of sp³-hybridized carbons (Fsp3) is 0.600. The second-order valence-electron chi connectivity index (χ2n) is 8.01. The Hall–Kier alpha value is -0.950. The van der Waals surface area contributed by atoms with Gasteiger partial charge in [-0.25, -0.2) is 3.11 Å². The van der Waals surface area contributed by atoms with E-state index in [0.717, 1.165) is 18.7 Å². The Morgan fingerprint density at radius 3 is 2.40 bits per heavy atom. The van der Waals surface area contributed by atoms with Crippen LogP contribution in [-0.2, 0) is 15.0 Å². The summed E-state index contributed by atoms with van der Waals surface area (Å²) >= 11 is 2.42. The van der Waals surface area contributed by atoms with E-state index in [0.29, 0.717) is 24.7 Å². The van der Waals surface area contributed by atoms with Crippen LogP contribution in [0.3, 0.4) is 0 Å². The normalized spacial score (nSPS) is 28.9. The van der Waals surface area contributed by atoms with E-state index in [9.17, 15) is 9.59 Å². The van der Waals surface area contributed by atoms with Gasteiger partial charge < -0.3 is 0 Å². The van der Waals surface area contributed by atoms with E-state index in [1.54, 1.807) is 0 Å². The molecule has 2 saturated heterocycles. The number of nitrogens with one attached hydrogen (secondary N) is 1. The number of nitrogens with zero attached hydrogens (tertiary/aromatic N) is 1. The van der Waals surface area contributed by atoms with Crippen LogP contribution in [0.25, 0.3) is 0 Å². The van der Waals surface area contributed by atoms with Crippen LogP contribution in [0.5, 0.6) is 0 Å². The average Bonchev–Trinajstić information content (AvgIpc) is 3.44. The number of hydrogen-bond acceptors (Lipinski definition) is 3. The number of piperidine rings is 2. The standard InChI is InChI=1S/C20H25IN2O2/c1-20(9-6-18(24)22-19(20)25)15-4-5-16(17(12-15)13-2-3-13)14-7-10-23(21)11-8-14/h4-5,12-14H,2-3,6-11H2,1H3,(H,22,24,25)/t20-/m1/s1. The third-order valence-corrected chi connectivity index (χ3v) is 7.19. The molecule has 134 valence electrons. The molecule has 1 atom stereocenters. The minimum absolute atomic E-state index is 0.142. The van der Waals surface area contributed by atoms with E-state index in [4.69, 9.17) is 0 Å². The Kier molecular flexibility index (Phi) is 4.65. The summed E-state index contributed by atoms with van der Waals surface area (Å²) < 4.78 is 2.38. The molecule has 1 aromatic rings. The Morgan fingerprint density at radius 2 is 1.76 bits per heavy atom. The lowest BCUT2D eigenvalue weighted by molar-refractivity contribution is -0.137. The number of benzene rings is 1. The lowest BCUT2D eigenvalue weighted by Gasteiger charge is -2.34. The molecule has 25 heavy (non-hydrogen) atoms. The molecule has 0 spiro atoms. The first kappa shape index (κ1) is 17.5. The van der Waals surface area contributed by atoms with Gasteiger partial charge in [0.25, 0.3) is 0 Å². The van der Waals surface area contributed by atoms with Crippen LogP contribution in [0.1, 0.15) is 74.0 Å². The second-order valence-corrected chi connectivity index (χ2v) is 9.38. The highest BCUT2D eigenvalue weighted by atomic mass is 127. The molecule has 1 aliphatic carbocycles. The maximum Gasteiger partial charge on any atom is 0.236 e. The maximum absolute atomic E-state index is 12.5. The molecule has 4 rings (SSSR count). The van der Waals surface area contributed by atoms with Gasteiger partial charge in [-0.1, -0.05) is 18.2 Å². The number of carbonyl (C=O) groups is 2. The molecule has 0 radical (unpaired) electrons. The molecule has 1 aromatic carbocycles. The summed E-state index contributed by atoms with van der Waals surface area (Å²) in [5.41, 5.74) is 3.47. The van der Waals surface area contributed by atoms with E-state index >= 15 is 0 Å². The summed E-state index contributed by atoms with van der Waals surface area (Å²) in [6.07, 6.45) is 6.00. The van der Waals surface area contributed by atoms with Gasteiger partial charge in [0.1, 0.15) is 0 Å². The van der Waals surface area contributed by atoms with Gasteiger partial charge in [0.05, 0.1) is 5.41 Å². The van der Waals surface area contributed by atoms with Gasteiger partial charge in [0.2, 0.25) is 11.8 Å². The molecule has 2 heterocycles. The zero-order valence-corrected chi connectivity index (χ0v) is 16.8. The molecule has 3 aliphatic rings. The van der Waals surface area contributed by atoms with Crippen molar-refractivity contribution in [2.45, 2.75) is 62.7 Å². The lowest BCUT2D eigenvalue weighted by atomic mass is 9.73. The highest BCUT2D eigenvalue weighted by Crippen LogP contribution is 2.47. The number of imide groups is 1. The topological polar surface area (TPSA) is 49.4 Å². The van der Waals surface area contributed by atoms with Crippen LogP contribution in [0.4, 0.5) is 0 Å². The molecule has 4 nitrogen and oxygen atoms in total. The van der Waals surface area contributed by atoms with Gasteiger partial charge in [-0.05, 0) is 67.6 Å². The molecular formula is C20H25IN2O2. The average molecular weight is 452 g/mol. The second kappa shape index (κ2) is 6.65. The number of halogens is 1. The third kappa shape index (κ3) is 3.37. The van der Waals surface area contributed by atoms with Crippen molar-refractivity contribution in [2.75, 3.05) is 13.1 Å². The van der Waals surface area contributed by atoms with Crippen molar-refractivity contribution in [2.24, 2.45) is 0 Å². The molecule has 0 bridgehead atoms. The smallest absolute Gasteiger partial charge is 0.236 e. The molecule has 2 aliphatic heterocycles. The SMILES string of the molecule is C[C@]1(c2ccc(C3CCN(I)CC3)c(C3CC3)c2)CCC(=O)NC1=O. The summed E-state index contributed by atoms with van der Waals surface area (Å²) in [4.78, 5) is 24.0. The molecule has 1 N–H and O–H groups in total. The van der Waals surface area contributed by atoms with E-state index in [1.807, 2.05) is 6.92 Å². The Bertz CT molecular complexity index is 708. The van der Waals surface area contributed by atoms with Crippen molar-refractivity contribution in [1.29, 1.82) is 0 Å². The van der Waals surface area contributed by atoms with Gasteiger partial charge in [0, 0.05) is 42.4 Å². The van der Waals surface area contributed by atoms with Crippen LogP contribution < -0.4 is 5.32 Å². The van der Waals surface area contributed by atoms with Gasteiger partial charge >= 0.3 is 0 Å². The van der Waals surface area contributed by atoms with E-state index in [2.05, 4.69) is 49.5 Å². The van der Waals surface area contributed by atoms with Crippen molar-refractivity contribution in [3.8, 4) is 0 Å². The highest BCUT2D eigenvalue weighted by Gasteiger charge is 2.41. The summed E-state index contributed by atoms with van der Waals surface area (Å²) in [5, 5.41) is 2.53. The van der Waals surface area contributed by atoms with Gasteiger partial charge in [-0.3, -0.25) is 14.9 Å². The largest absolute Gasteiger partial charge is 0.296 e. The van der Waals surface area contributed by atoms with Crippen molar-refractivity contribution in [3.63, 3.8) is 0 Å². The predicted octanol–water partition coefficient (Wildman–Crippen LogP) is 3.79. The molecule has 5 heteroatoms. The van der Waals surface area contributed by atoms with Crippen LogP contribution in [0.2, 0.25) is 0 Å². The maximum atomic E-state index is 12.5. The minimum Gasteiger partial charge on any atom is -0.296 e. The molecular weight excluding hydrogens is 427 g/mol. The van der Waals surface area contributed by atoms with Gasteiger partial charge in [0.15, 0.2) is 0 Å². The van der Waals surface area contributed by atoms with E-state index < -0.39 is 5.41 Å².